The lowest BCUT2D eigenvalue weighted by molar-refractivity contribution is -0.123. The number of nitrogens with two attached hydrogens (primary N) is 1. The predicted octanol–water partition coefficient (Wildman–Crippen LogP) is 0.613. The maximum Gasteiger partial charge on any atom is 0.258 e. The number of nitrogen functional groups attached to an aromatic ring is 1. The van der Waals surface area contributed by atoms with Crippen LogP contribution in [0.3, 0.4) is 0 Å². The van der Waals surface area contributed by atoms with E-state index in [0.717, 1.165) is 0 Å². The van der Waals surface area contributed by atoms with Gasteiger partial charge in [0.15, 0.2) is 12.4 Å². The van der Waals surface area contributed by atoms with E-state index in [4.69, 9.17) is 15.2 Å². The molecule has 0 atom stereocenters. The fourth-order valence-corrected chi connectivity index (χ4v) is 1.44. The van der Waals surface area contributed by atoms with E-state index in [1.54, 1.807) is 19.2 Å². The van der Waals surface area contributed by atoms with Gasteiger partial charge in [0.2, 0.25) is 0 Å². The largest absolute Gasteiger partial charge is 0.484 e. The van der Waals surface area contributed by atoms with Gasteiger partial charge in [0.05, 0.1) is 6.61 Å². The number of amides is 1. The Bertz CT molecular complexity index is 460. The van der Waals surface area contributed by atoms with E-state index in [2.05, 4.69) is 5.32 Å². The van der Waals surface area contributed by atoms with Gasteiger partial charge in [-0.2, -0.15) is 0 Å². The van der Waals surface area contributed by atoms with E-state index in [-0.39, 0.29) is 18.3 Å². The van der Waals surface area contributed by atoms with Crippen LogP contribution in [0, 0.1) is 0 Å². The Morgan fingerprint density at radius 1 is 1.37 bits per heavy atom. The first kappa shape index (κ1) is 15.0. The molecule has 0 aliphatic carbocycles. The highest BCUT2D eigenvalue weighted by molar-refractivity contribution is 5.99. The summed E-state index contributed by atoms with van der Waals surface area (Å²) in [5.41, 5.74) is 6.49. The number of anilines is 1. The molecule has 6 nitrogen and oxygen atoms in total. The van der Waals surface area contributed by atoms with Gasteiger partial charge in [-0.1, -0.05) is 0 Å². The number of carbonyl (C=O) groups is 2. The van der Waals surface area contributed by atoms with E-state index in [1.165, 1.54) is 13.0 Å². The third-order valence-corrected chi connectivity index (χ3v) is 2.40. The van der Waals surface area contributed by atoms with Gasteiger partial charge in [-0.15, -0.1) is 0 Å². The number of nitrogens with one attached hydrogen (secondary N) is 1. The molecule has 0 aromatic heterocycles. The summed E-state index contributed by atoms with van der Waals surface area (Å²) in [6.07, 6.45) is 0. The van der Waals surface area contributed by atoms with Gasteiger partial charge in [0.1, 0.15) is 5.75 Å². The maximum atomic E-state index is 11.4. The number of hydrogen-bond donors (Lipinski definition) is 2. The van der Waals surface area contributed by atoms with Crippen molar-refractivity contribution in [1.29, 1.82) is 0 Å². The van der Waals surface area contributed by atoms with E-state index in [9.17, 15) is 9.59 Å². The number of Topliss-reactive ketones (excluding diaryl/α,β-unsaturated/α-hetero) is 1. The van der Waals surface area contributed by atoms with Crippen molar-refractivity contribution < 1.29 is 19.1 Å². The third kappa shape index (κ3) is 4.97. The number of carbonyl (C=O) groups excluding carboxylic acids is 2. The van der Waals surface area contributed by atoms with Gasteiger partial charge in [0.25, 0.3) is 5.91 Å². The van der Waals surface area contributed by atoms with Gasteiger partial charge < -0.3 is 20.5 Å². The second-order valence-corrected chi connectivity index (χ2v) is 3.94. The van der Waals surface area contributed by atoms with Crippen LogP contribution in [0.15, 0.2) is 18.2 Å². The predicted molar refractivity (Wildman–Crippen MR) is 71.2 cm³/mol. The molecule has 0 bridgehead atoms. The molecule has 3 N–H and O–H groups in total. The zero-order valence-electron chi connectivity index (χ0n) is 11.1. The summed E-state index contributed by atoms with van der Waals surface area (Å²) in [6, 6.07) is 4.71. The minimum absolute atomic E-state index is 0.109. The van der Waals surface area contributed by atoms with Crippen molar-refractivity contribution in [2.45, 2.75) is 6.92 Å². The average Bonchev–Trinajstić information content (AvgIpc) is 2.36. The maximum absolute atomic E-state index is 11.4. The fourth-order valence-electron chi connectivity index (χ4n) is 1.44. The van der Waals surface area contributed by atoms with Gasteiger partial charge >= 0.3 is 0 Å². The van der Waals surface area contributed by atoms with E-state index in [0.29, 0.717) is 30.2 Å². The van der Waals surface area contributed by atoms with Crippen molar-refractivity contribution in [3.8, 4) is 5.75 Å². The number of ether oxygens (including phenoxy) is 2. The molecular formula is C13H18N2O4. The van der Waals surface area contributed by atoms with Crippen LogP contribution < -0.4 is 15.8 Å². The summed E-state index contributed by atoms with van der Waals surface area (Å²) in [4.78, 5) is 22.6. The van der Waals surface area contributed by atoms with E-state index >= 15 is 0 Å². The highest BCUT2D eigenvalue weighted by Crippen LogP contribution is 2.20. The Hall–Kier alpha value is -2.08. The molecule has 0 heterocycles. The van der Waals surface area contributed by atoms with Gasteiger partial charge in [0, 0.05) is 31.0 Å². The van der Waals surface area contributed by atoms with E-state index in [1.807, 2.05) is 0 Å². The van der Waals surface area contributed by atoms with E-state index < -0.39 is 0 Å². The molecule has 6 heteroatoms. The molecule has 0 spiro atoms. The summed E-state index contributed by atoms with van der Waals surface area (Å²) in [5.74, 6) is 0.0945. The number of methoxy groups -OCH3 is 1. The van der Waals surface area contributed by atoms with Crippen LogP contribution in [0.4, 0.5) is 5.69 Å². The molecule has 1 amide bonds. The van der Waals surface area contributed by atoms with Crippen molar-refractivity contribution >= 4 is 17.4 Å². The Morgan fingerprint density at radius 3 is 2.68 bits per heavy atom. The molecule has 19 heavy (non-hydrogen) atoms. The van der Waals surface area contributed by atoms with Crippen LogP contribution in [0.25, 0.3) is 0 Å². The molecule has 104 valence electrons. The van der Waals surface area contributed by atoms with Gasteiger partial charge in [-0.25, -0.2) is 0 Å². The number of ketones is 1. The lowest BCUT2D eigenvalue weighted by atomic mass is 10.1. The summed E-state index contributed by atoms with van der Waals surface area (Å²) in [5, 5.41) is 2.62. The SMILES string of the molecule is COCCNC(=O)COc1ccc(C(C)=O)c(N)c1. The van der Waals surface area contributed by atoms with Crippen LogP contribution in [0.2, 0.25) is 0 Å². The monoisotopic (exact) mass is 266 g/mol. The lowest BCUT2D eigenvalue weighted by Crippen LogP contribution is -2.31. The molecule has 0 radical (unpaired) electrons. The molecule has 1 aromatic rings. The van der Waals surface area contributed by atoms with Crippen molar-refractivity contribution in [3.05, 3.63) is 23.8 Å². The van der Waals surface area contributed by atoms with Crippen molar-refractivity contribution in [2.24, 2.45) is 0 Å². The fraction of sp³-hybridized carbons (Fsp3) is 0.385. The van der Waals surface area contributed by atoms with Crippen molar-refractivity contribution in [3.63, 3.8) is 0 Å². The summed E-state index contributed by atoms with van der Waals surface area (Å²) >= 11 is 0. The van der Waals surface area contributed by atoms with Crippen molar-refractivity contribution in [2.75, 3.05) is 32.6 Å². The molecule has 0 unspecified atom stereocenters. The lowest BCUT2D eigenvalue weighted by Gasteiger charge is -2.09. The normalized spacial score (nSPS) is 10.0. The van der Waals surface area contributed by atoms with Crippen molar-refractivity contribution in [1.82, 2.24) is 5.32 Å². The molecule has 1 aromatic carbocycles. The minimum atomic E-state index is -0.244. The topological polar surface area (TPSA) is 90.6 Å². The van der Waals surface area contributed by atoms with Crippen LogP contribution >= 0.6 is 0 Å². The molecular weight excluding hydrogens is 248 g/mol. The molecule has 0 saturated heterocycles. The standard InChI is InChI=1S/C13H18N2O4/c1-9(16)11-4-3-10(7-12(11)14)19-8-13(17)15-5-6-18-2/h3-4,7H,5-6,8,14H2,1-2H3,(H,15,17). The average molecular weight is 266 g/mol. The zero-order chi connectivity index (χ0) is 14.3. The Morgan fingerprint density at radius 2 is 2.11 bits per heavy atom. The Labute approximate surface area is 111 Å². The number of benzene rings is 1. The second-order valence-electron chi connectivity index (χ2n) is 3.94. The summed E-state index contributed by atoms with van der Waals surface area (Å²) in [7, 11) is 1.56. The zero-order valence-corrected chi connectivity index (χ0v) is 11.1. The van der Waals surface area contributed by atoms with Crippen LogP contribution in [0.5, 0.6) is 5.75 Å². The minimum Gasteiger partial charge on any atom is -0.484 e. The number of hydrogen-bond acceptors (Lipinski definition) is 5. The second kappa shape index (κ2) is 7.38. The van der Waals surface area contributed by atoms with Gasteiger partial charge in [-0.3, -0.25) is 9.59 Å². The Kier molecular flexibility index (Phi) is 5.81. The van der Waals surface area contributed by atoms with Crippen LogP contribution in [-0.2, 0) is 9.53 Å². The third-order valence-electron chi connectivity index (χ3n) is 2.40. The summed E-state index contributed by atoms with van der Waals surface area (Å²) < 4.78 is 10.1. The van der Waals surface area contributed by atoms with Crippen LogP contribution in [0.1, 0.15) is 17.3 Å². The van der Waals surface area contributed by atoms with Gasteiger partial charge in [-0.05, 0) is 19.1 Å². The molecule has 0 aliphatic heterocycles. The first-order valence-electron chi connectivity index (χ1n) is 5.83. The summed E-state index contributed by atoms with van der Waals surface area (Å²) in [6.45, 7) is 2.22. The molecule has 0 fully saturated rings. The first-order valence-corrected chi connectivity index (χ1v) is 5.83. The number of rotatable bonds is 7. The molecule has 0 saturated carbocycles. The molecule has 1 rings (SSSR count). The first-order chi connectivity index (χ1) is 9.04. The quantitative estimate of drug-likeness (QED) is 0.429. The Balaban J connectivity index is 2.48. The molecule has 0 aliphatic rings. The smallest absolute Gasteiger partial charge is 0.258 e. The van der Waals surface area contributed by atoms with Crippen LogP contribution in [-0.4, -0.2) is 38.6 Å². The highest BCUT2D eigenvalue weighted by atomic mass is 16.5. The highest BCUT2D eigenvalue weighted by Gasteiger charge is 2.07.